The van der Waals surface area contributed by atoms with E-state index in [9.17, 15) is 10.1 Å². The Hall–Kier alpha value is -1.92. The number of ether oxygens (including phenoxy) is 1. The van der Waals surface area contributed by atoms with Crippen LogP contribution in [0.3, 0.4) is 0 Å². The lowest BCUT2D eigenvalue weighted by atomic mass is 10.2. The van der Waals surface area contributed by atoms with Crippen LogP contribution in [0, 0.1) is 10.1 Å². The summed E-state index contributed by atoms with van der Waals surface area (Å²) in [6.07, 6.45) is 0. The number of non-ortho nitro benzene ring substituents is 1. The van der Waals surface area contributed by atoms with Crippen LogP contribution >= 0.6 is 15.9 Å². The van der Waals surface area contributed by atoms with Crippen molar-refractivity contribution in [2.24, 2.45) is 0 Å². The third-order valence-electron chi connectivity index (χ3n) is 2.92. The maximum absolute atomic E-state index is 10.6. The van der Waals surface area contributed by atoms with Gasteiger partial charge in [0, 0.05) is 18.7 Å². The van der Waals surface area contributed by atoms with Gasteiger partial charge in [-0.05, 0) is 58.4 Å². The molecule has 0 aliphatic carbocycles. The van der Waals surface area contributed by atoms with Crippen molar-refractivity contribution in [1.82, 2.24) is 5.32 Å². The minimum Gasteiger partial charge on any atom is -0.488 e. The van der Waals surface area contributed by atoms with E-state index in [1.54, 1.807) is 12.1 Å². The maximum Gasteiger partial charge on any atom is 0.269 e. The molecule has 0 spiro atoms. The molecule has 0 radical (unpaired) electrons. The fourth-order valence-electron chi connectivity index (χ4n) is 1.85. The Labute approximate surface area is 131 Å². The average Bonchev–Trinajstić information content (AvgIpc) is 2.47. The van der Waals surface area contributed by atoms with Gasteiger partial charge in [0.2, 0.25) is 0 Å². The second-order valence-corrected chi connectivity index (χ2v) is 5.36. The van der Waals surface area contributed by atoms with Crippen LogP contribution < -0.4 is 10.1 Å². The van der Waals surface area contributed by atoms with Crippen molar-refractivity contribution in [3.63, 3.8) is 0 Å². The molecule has 0 aliphatic heterocycles. The number of nitrogens with one attached hydrogen (secondary N) is 1. The summed E-state index contributed by atoms with van der Waals surface area (Å²) in [4.78, 5) is 10.2. The Bertz CT molecular complexity index is 629. The van der Waals surface area contributed by atoms with Crippen molar-refractivity contribution in [3.8, 4) is 5.75 Å². The quantitative estimate of drug-likeness (QED) is 0.637. The first-order valence-electron chi connectivity index (χ1n) is 6.39. The summed E-state index contributed by atoms with van der Waals surface area (Å²) >= 11 is 3.48. The Morgan fingerprint density at radius 3 is 2.43 bits per heavy atom. The number of nitro benzene ring substituents is 1. The summed E-state index contributed by atoms with van der Waals surface area (Å²) in [7, 11) is 1.90. The molecule has 0 unspecified atom stereocenters. The van der Waals surface area contributed by atoms with Crippen LogP contribution in [0.25, 0.3) is 0 Å². The van der Waals surface area contributed by atoms with Gasteiger partial charge in [-0.3, -0.25) is 10.1 Å². The van der Waals surface area contributed by atoms with Gasteiger partial charge in [0.15, 0.2) is 0 Å². The van der Waals surface area contributed by atoms with Gasteiger partial charge in [-0.15, -0.1) is 0 Å². The molecule has 0 saturated carbocycles. The molecule has 0 amide bonds. The molecular formula is C15H15BrN2O3. The number of hydrogen-bond acceptors (Lipinski definition) is 4. The second kappa shape index (κ2) is 7.19. The van der Waals surface area contributed by atoms with E-state index in [-0.39, 0.29) is 5.69 Å². The molecule has 0 fully saturated rings. The SMILES string of the molecule is CNCc1ccc(OCc2ccc([N+](=O)[O-])cc2)c(Br)c1. The number of halogens is 1. The van der Waals surface area contributed by atoms with E-state index in [0.29, 0.717) is 6.61 Å². The van der Waals surface area contributed by atoms with Gasteiger partial charge in [-0.25, -0.2) is 0 Å². The summed E-state index contributed by atoms with van der Waals surface area (Å²) in [6.45, 7) is 1.16. The van der Waals surface area contributed by atoms with E-state index in [2.05, 4.69) is 21.2 Å². The highest BCUT2D eigenvalue weighted by Crippen LogP contribution is 2.27. The molecule has 2 rings (SSSR count). The van der Waals surface area contributed by atoms with Crippen LogP contribution in [0.2, 0.25) is 0 Å². The largest absolute Gasteiger partial charge is 0.488 e. The molecule has 5 nitrogen and oxygen atoms in total. The molecule has 2 aromatic rings. The van der Waals surface area contributed by atoms with Crippen molar-refractivity contribution < 1.29 is 9.66 Å². The van der Waals surface area contributed by atoms with Crippen molar-refractivity contribution in [2.45, 2.75) is 13.2 Å². The first-order chi connectivity index (χ1) is 10.1. The van der Waals surface area contributed by atoms with Gasteiger partial charge in [-0.2, -0.15) is 0 Å². The molecule has 0 heterocycles. The predicted octanol–water partition coefficient (Wildman–Crippen LogP) is 3.66. The molecule has 21 heavy (non-hydrogen) atoms. The van der Waals surface area contributed by atoms with Crippen molar-refractivity contribution in [2.75, 3.05) is 7.05 Å². The van der Waals surface area contributed by atoms with Gasteiger partial charge in [0.05, 0.1) is 9.40 Å². The van der Waals surface area contributed by atoms with E-state index in [1.165, 1.54) is 12.1 Å². The summed E-state index contributed by atoms with van der Waals surface area (Å²) in [5, 5.41) is 13.7. The number of hydrogen-bond donors (Lipinski definition) is 1. The minimum atomic E-state index is -0.415. The molecule has 6 heteroatoms. The highest BCUT2D eigenvalue weighted by molar-refractivity contribution is 9.10. The minimum absolute atomic E-state index is 0.0800. The number of nitro groups is 1. The normalized spacial score (nSPS) is 10.4. The lowest BCUT2D eigenvalue weighted by molar-refractivity contribution is -0.384. The topological polar surface area (TPSA) is 64.4 Å². The number of rotatable bonds is 6. The first kappa shape index (κ1) is 15.5. The van der Waals surface area contributed by atoms with Crippen molar-refractivity contribution >= 4 is 21.6 Å². The zero-order chi connectivity index (χ0) is 15.2. The highest BCUT2D eigenvalue weighted by atomic mass is 79.9. The fourth-order valence-corrected chi connectivity index (χ4v) is 2.39. The van der Waals surface area contributed by atoms with Crippen molar-refractivity contribution in [1.29, 1.82) is 0 Å². The maximum atomic E-state index is 10.6. The van der Waals surface area contributed by atoms with Gasteiger partial charge >= 0.3 is 0 Å². The van der Waals surface area contributed by atoms with Crippen LogP contribution in [-0.4, -0.2) is 12.0 Å². The molecule has 0 bridgehead atoms. The molecule has 110 valence electrons. The monoisotopic (exact) mass is 350 g/mol. The summed E-state index contributed by atoms with van der Waals surface area (Å²) in [5.41, 5.74) is 2.12. The van der Waals surface area contributed by atoms with Crippen LogP contribution in [-0.2, 0) is 13.2 Å². The third kappa shape index (κ3) is 4.27. The van der Waals surface area contributed by atoms with Gasteiger partial charge in [-0.1, -0.05) is 6.07 Å². The third-order valence-corrected chi connectivity index (χ3v) is 3.54. The first-order valence-corrected chi connectivity index (χ1v) is 7.18. The van der Waals surface area contributed by atoms with Crippen LogP contribution in [0.15, 0.2) is 46.9 Å². The van der Waals surface area contributed by atoms with E-state index < -0.39 is 4.92 Å². The zero-order valence-corrected chi connectivity index (χ0v) is 13.1. The zero-order valence-electron chi connectivity index (χ0n) is 11.5. The lowest BCUT2D eigenvalue weighted by Crippen LogP contribution is -2.05. The predicted molar refractivity (Wildman–Crippen MR) is 84.3 cm³/mol. The number of nitrogens with zero attached hydrogens (tertiary/aromatic N) is 1. The second-order valence-electron chi connectivity index (χ2n) is 4.51. The van der Waals surface area contributed by atoms with E-state index in [0.717, 1.165) is 27.9 Å². The Morgan fingerprint density at radius 2 is 1.86 bits per heavy atom. The Balaban J connectivity index is 2.00. The molecule has 0 aliphatic rings. The molecule has 0 atom stereocenters. The smallest absolute Gasteiger partial charge is 0.269 e. The van der Waals surface area contributed by atoms with Crippen LogP contribution in [0.1, 0.15) is 11.1 Å². The molecule has 1 N–H and O–H groups in total. The average molecular weight is 351 g/mol. The molecule has 0 aromatic heterocycles. The van der Waals surface area contributed by atoms with E-state index >= 15 is 0 Å². The van der Waals surface area contributed by atoms with Gasteiger partial charge in [0.25, 0.3) is 5.69 Å². The molecule has 0 saturated heterocycles. The lowest BCUT2D eigenvalue weighted by Gasteiger charge is -2.10. The van der Waals surface area contributed by atoms with Crippen molar-refractivity contribution in [3.05, 3.63) is 68.2 Å². The Kier molecular flexibility index (Phi) is 5.30. The molecule has 2 aromatic carbocycles. The van der Waals surface area contributed by atoms with Gasteiger partial charge in [0.1, 0.15) is 12.4 Å². The highest BCUT2D eigenvalue weighted by Gasteiger charge is 2.06. The standard InChI is InChI=1S/C15H15BrN2O3/c1-17-9-12-4-7-15(14(16)8-12)21-10-11-2-5-13(6-3-11)18(19)20/h2-8,17H,9-10H2,1H3. The summed E-state index contributed by atoms with van der Waals surface area (Å²) < 4.78 is 6.61. The van der Waals surface area contributed by atoms with Crippen LogP contribution in [0.5, 0.6) is 5.75 Å². The van der Waals surface area contributed by atoms with Gasteiger partial charge < -0.3 is 10.1 Å². The summed E-state index contributed by atoms with van der Waals surface area (Å²) in [5.74, 6) is 0.744. The Morgan fingerprint density at radius 1 is 1.19 bits per heavy atom. The van der Waals surface area contributed by atoms with E-state index in [1.807, 2.05) is 25.2 Å². The summed E-state index contributed by atoms with van der Waals surface area (Å²) in [6, 6.07) is 12.2. The molecular weight excluding hydrogens is 336 g/mol. The fraction of sp³-hybridized carbons (Fsp3) is 0.200. The van der Waals surface area contributed by atoms with E-state index in [4.69, 9.17) is 4.74 Å². The number of benzene rings is 2. The van der Waals surface area contributed by atoms with Crippen LogP contribution in [0.4, 0.5) is 5.69 Å².